The molecule has 0 amide bonds. The average Bonchev–Trinajstić information content (AvgIpc) is 3.02. The Morgan fingerprint density at radius 3 is 1.90 bits per heavy atom. The van der Waals surface area contributed by atoms with Gasteiger partial charge in [0.05, 0.1) is 6.10 Å². The first kappa shape index (κ1) is 15.0. The summed E-state index contributed by atoms with van der Waals surface area (Å²) >= 11 is 0. The maximum absolute atomic E-state index is 6.02. The number of hydrogen-bond donors (Lipinski definition) is 0. The molecular formula is C17H26O3. The molecule has 0 atom stereocenters. The second-order valence-corrected chi connectivity index (χ2v) is 7.35. The predicted octanol–water partition coefficient (Wildman–Crippen LogP) is 4.58. The standard InChI is InChI=1S/C17H26O3/c1-16(2,3)19-14-10-9-13(18-12-7-8-12)11-15(14)20-17(4,5)6/h9-12H,7-8H2,1-6H3. The van der Waals surface area contributed by atoms with Crippen LogP contribution in [0.3, 0.4) is 0 Å². The van der Waals surface area contributed by atoms with Gasteiger partial charge in [0, 0.05) is 6.07 Å². The van der Waals surface area contributed by atoms with E-state index in [1.165, 1.54) is 0 Å². The maximum atomic E-state index is 6.02. The zero-order valence-electron chi connectivity index (χ0n) is 13.4. The van der Waals surface area contributed by atoms with Gasteiger partial charge in [-0.2, -0.15) is 0 Å². The van der Waals surface area contributed by atoms with Crippen LogP contribution in [0, 0.1) is 0 Å². The van der Waals surface area contributed by atoms with Gasteiger partial charge in [0.15, 0.2) is 11.5 Å². The fourth-order valence-corrected chi connectivity index (χ4v) is 1.76. The number of ether oxygens (including phenoxy) is 3. The van der Waals surface area contributed by atoms with Crippen molar-refractivity contribution >= 4 is 0 Å². The van der Waals surface area contributed by atoms with E-state index in [9.17, 15) is 0 Å². The van der Waals surface area contributed by atoms with Crippen LogP contribution in [0.1, 0.15) is 54.4 Å². The molecule has 1 fully saturated rings. The van der Waals surface area contributed by atoms with Crippen molar-refractivity contribution < 1.29 is 14.2 Å². The molecule has 0 saturated heterocycles. The lowest BCUT2D eigenvalue weighted by atomic mass is 10.1. The van der Waals surface area contributed by atoms with Crippen molar-refractivity contribution in [3.05, 3.63) is 18.2 Å². The molecule has 3 heteroatoms. The predicted molar refractivity (Wildman–Crippen MR) is 80.9 cm³/mol. The molecule has 0 radical (unpaired) electrons. The van der Waals surface area contributed by atoms with Gasteiger partial charge in [-0.15, -0.1) is 0 Å². The van der Waals surface area contributed by atoms with Crippen LogP contribution in [0.4, 0.5) is 0 Å². The van der Waals surface area contributed by atoms with Crippen molar-refractivity contribution in [1.29, 1.82) is 0 Å². The van der Waals surface area contributed by atoms with E-state index in [0.29, 0.717) is 6.10 Å². The van der Waals surface area contributed by atoms with Crippen LogP contribution in [0.25, 0.3) is 0 Å². The number of rotatable bonds is 4. The van der Waals surface area contributed by atoms with E-state index < -0.39 is 0 Å². The molecule has 0 aliphatic heterocycles. The Kier molecular flexibility index (Phi) is 3.90. The number of benzene rings is 1. The molecule has 1 saturated carbocycles. The fourth-order valence-electron chi connectivity index (χ4n) is 1.76. The molecule has 0 heterocycles. The van der Waals surface area contributed by atoms with Crippen LogP contribution in [-0.4, -0.2) is 17.3 Å². The van der Waals surface area contributed by atoms with Gasteiger partial charge in [-0.1, -0.05) is 0 Å². The van der Waals surface area contributed by atoms with E-state index in [4.69, 9.17) is 14.2 Å². The Balaban J connectivity index is 2.24. The highest BCUT2D eigenvalue weighted by molar-refractivity contribution is 5.46. The lowest BCUT2D eigenvalue weighted by Crippen LogP contribution is -2.26. The quantitative estimate of drug-likeness (QED) is 0.806. The maximum Gasteiger partial charge on any atom is 0.165 e. The first-order valence-electron chi connectivity index (χ1n) is 7.31. The Hall–Kier alpha value is -1.38. The van der Waals surface area contributed by atoms with Crippen molar-refractivity contribution in [3.8, 4) is 17.2 Å². The van der Waals surface area contributed by atoms with E-state index in [0.717, 1.165) is 30.1 Å². The normalized spacial score (nSPS) is 15.9. The highest BCUT2D eigenvalue weighted by Crippen LogP contribution is 2.37. The van der Waals surface area contributed by atoms with Crippen LogP contribution in [0.2, 0.25) is 0 Å². The lowest BCUT2D eigenvalue weighted by molar-refractivity contribution is 0.0952. The monoisotopic (exact) mass is 278 g/mol. The van der Waals surface area contributed by atoms with Crippen LogP contribution < -0.4 is 14.2 Å². The summed E-state index contributed by atoms with van der Waals surface area (Å²) in [4.78, 5) is 0. The second kappa shape index (κ2) is 5.19. The van der Waals surface area contributed by atoms with Gasteiger partial charge in [0.1, 0.15) is 17.0 Å². The topological polar surface area (TPSA) is 27.7 Å². The molecule has 1 aliphatic rings. The Labute approximate surface area is 122 Å². The molecule has 0 aromatic heterocycles. The van der Waals surface area contributed by atoms with Gasteiger partial charge in [-0.25, -0.2) is 0 Å². The summed E-state index contributed by atoms with van der Waals surface area (Å²) in [5, 5.41) is 0. The Morgan fingerprint density at radius 2 is 1.40 bits per heavy atom. The third-order valence-corrected chi connectivity index (χ3v) is 2.57. The van der Waals surface area contributed by atoms with Gasteiger partial charge in [0.2, 0.25) is 0 Å². The second-order valence-electron chi connectivity index (χ2n) is 7.35. The summed E-state index contributed by atoms with van der Waals surface area (Å²) in [7, 11) is 0. The molecule has 3 nitrogen and oxygen atoms in total. The third-order valence-electron chi connectivity index (χ3n) is 2.57. The van der Waals surface area contributed by atoms with Crippen molar-refractivity contribution in [2.45, 2.75) is 71.7 Å². The zero-order valence-corrected chi connectivity index (χ0v) is 13.4. The fraction of sp³-hybridized carbons (Fsp3) is 0.647. The Bertz CT molecular complexity index is 462. The molecule has 1 aromatic carbocycles. The SMILES string of the molecule is CC(C)(C)Oc1ccc(OC2CC2)cc1OC(C)(C)C. The lowest BCUT2D eigenvalue weighted by Gasteiger charge is -2.27. The highest BCUT2D eigenvalue weighted by Gasteiger charge is 2.25. The van der Waals surface area contributed by atoms with E-state index in [-0.39, 0.29) is 11.2 Å². The smallest absolute Gasteiger partial charge is 0.165 e. The third kappa shape index (κ3) is 4.95. The highest BCUT2D eigenvalue weighted by atomic mass is 16.5. The van der Waals surface area contributed by atoms with E-state index >= 15 is 0 Å². The first-order chi connectivity index (χ1) is 9.12. The summed E-state index contributed by atoms with van der Waals surface area (Å²) in [5.41, 5.74) is -0.525. The molecule has 0 bridgehead atoms. The minimum atomic E-state index is -0.270. The van der Waals surface area contributed by atoms with Crippen LogP contribution in [0.15, 0.2) is 18.2 Å². The van der Waals surface area contributed by atoms with Crippen molar-refractivity contribution in [1.82, 2.24) is 0 Å². The van der Waals surface area contributed by atoms with Crippen molar-refractivity contribution in [2.75, 3.05) is 0 Å². The Morgan fingerprint density at radius 1 is 0.850 bits per heavy atom. The van der Waals surface area contributed by atoms with Crippen molar-refractivity contribution in [2.24, 2.45) is 0 Å². The summed E-state index contributed by atoms with van der Waals surface area (Å²) in [6.45, 7) is 12.2. The van der Waals surface area contributed by atoms with E-state index in [1.807, 2.05) is 59.7 Å². The van der Waals surface area contributed by atoms with Gasteiger partial charge < -0.3 is 14.2 Å². The van der Waals surface area contributed by atoms with E-state index in [1.54, 1.807) is 0 Å². The van der Waals surface area contributed by atoms with Gasteiger partial charge >= 0.3 is 0 Å². The summed E-state index contributed by atoms with van der Waals surface area (Å²) in [6, 6.07) is 5.82. The molecule has 20 heavy (non-hydrogen) atoms. The molecule has 1 aliphatic carbocycles. The van der Waals surface area contributed by atoms with E-state index in [2.05, 4.69) is 0 Å². The molecule has 0 unspecified atom stereocenters. The van der Waals surface area contributed by atoms with Crippen LogP contribution in [0.5, 0.6) is 17.2 Å². The van der Waals surface area contributed by atoms with Crippen LogP contribution in [-0.2, 0) is 0 Å². The molecule has 112 valence electrons. The largest absolute Gasteiger partial charge is 0.490 e. The summed E-state index contributed by atoms with van der Waals surface area (Å²) in [6.07, 6.45) is 2.68. The molecule has 0 spiro atoms. The van der Waals surface area contributed by atoms with Gasteiger partial charge in [0.25, 0.3) is 0 Å². The number of hydrogen-bond acceptors (Lipinski definition) is 3. The summed E-state index contributed by atoms with van der Waals surface area (Å²) < 4.78 is 17.8. The van der Waals surface area contributed by atoms with Gasteiger partial charge in [-0.05, 0) is 66.5 Å². The minimum absolute atomic E-state index is 0.255. The zero-order chi connectivity index (χ0) is 15.0. The van der Waals surface area contributed by atoms with Crippen LogP contribution >= 0.6 is 0 Å². The average molecular weight is 278 g/mol. The molecule has 0 N–H and O–H groups in total. The summed E-state index contributed by atoms with van der Waals surface area (Å²) in [5.74, 6) is 2.36. The van der Waals surface area contributed by atoms with Crippen molar-refractivity contribution in [3.63, 3.8) is 0 Å². The minimum Gasteiger partial charge on any atom is -0.490 e. The molecule has 2 rings (SSSR count). The molecular weight excluding hydrogens is 252 g/mol. The first-order valence-corrected chi connectivity index (χ1v) is 7.31. The molecule has 1 aromatic rings. The van der Waals surface area contributed by atoms with Gasteiger partial charge in [-0.3, -0.25) is 0 Å².